The van der Waals surface area contributed by atoms with Crippen LogP contribution in [0.2, 0.25) is 0 Å². The predicted molar refractivity (Wildman–Crippen MR) is 112 cm³/mol. The molecule has 0 aliphatic heterocycles. The molecule has 0 aromatic carbocycles. The highest BCUT2D eigenvalue weighted by Crippen LogP contribution is 2.28. The zero-order chi connectivity index (χ0) is 20.9. The first kappa shape index (κ1) is 20.2. The van der Waals surface area contributed by atoms with Crippen LogP contribution in [0.1, 0.15) is 52.7 Å². The number of hydrogen-bond donors (Lipinski definition) is 0. The molecule has 0 atom stereocenters. The van der Waals surface area contributed by atoms with Crippen molar-refractivity contribution in [2.45, 2.75) is 52.4 Å². The molecule has 148 valence electrons. The highest BCUT2D eigenvalue weighted by Gasteiger charge is 2.30. The fraction of sp³-hybridized carbons (Fsp3) is 0.458. The van der Waals surface area contributed by atoms with Crippen LogP contribution in [0, 0.1) is 0 Å². The summed E-state index contributed by atoms with van der Waals surface area (Å²) in [5.74, 6) is 1.15. The molecule has 0 saturated heterocycles. The molecule has 0 fully saturated rings. The maximum absolute atomic E-state index is 2.34. The van der Waals surface area contributed by atoms with Gasteiger partial charge in [-0.2, -0.15) is 4.57 Å². The van der Waals surface area contributed by atoms with Crippen LogP contribution in [0.4, 0.5) is 0 Å². The van der Waals surface area contributed by atoms with Crippen molar-refractivity contribution in [2.75, 3.05) is 0 Å². The standard InChI is InChI=1S/C24H35N4/c1-23(2,3)18-11-14-25(7)20(15-18)21-16-19(24(4,5)6)17-22(27(21)9)28-13-10-12-26(28)8/h10-17H,1-9H3/q+3. The third kappa shape index (κ3) is 3.73. The highest BCUT2D eigenvalue weighted by atomic mass is 15.4. The van der Waals surface area contributed by atoms with Gasteiger partial charge in [-0.05, 0) is 32.7 Å². The van der Waals surface area contributed by atoms with E-state index in [4.69, 9.17) is 0 Å². The number of aromatic nitrogens is 4. The first-order valence-electron chi connectivity index (χ1n) is 9.98. The van der Waals surface area contributed by atoms with Crippen LogP contribution < -0.4 is 13.8 Å². The number of pyridine rings is 2. The summed E-state index contributed by atoms with van der Waals surface area (Å²) in [5.41, 5.74) is 5.27. The largest absolute Gasteiger partial charge is 0.342 e. The van der Waals surface area contributed by atoms with Gasteiger partial charge in [0.25, 0.3) is 5.69 Å². The minimum absolute atomic E-state index is 0.0592. The quantitative estimate of drug-likeness (QED) is 0.608. The predicted octanol–water partition coefficient (Wildman–Crippen LogP) is 3.21. The van der Waals surface area contributed by atoms with E-state index in [0.29, 0.717) is 0 Å². The van der Waals surface area contributed by atoms with Crippen LogP contribution in [0.3, 0.4) is 0 Å². The molecule has 0 aliphatic carbocycles. The Labute approximate surface area is 169 Å². The fourth-order valence-corrected chi connectivity index (χ4v) is 3.49. The molecule has 3 rings (SSSR count). The minimum Gasteiger partial charge on any atom is -0.219 e. The summed E-state index contributed by atoms with van der Waals surface area (Å²) >= 11 is 0. The molecule has 0 unspecified atom stereocenters. The molecule has 28 heavy (non-hydrogen) atoms. The van der Waals surface area contributed by atoms with Gasteiger partial charge in [0, 0.05) is 22.9 Å². The van der Waals surface area contributed by atoms with Crippen LogP contribution in [-0.2, 0) is 32.0 Å². The average molecular weight is 380 g/mol. The van der Waals surface area contributed by atoms with Crippen molar-refractivity contribution in [3.05, 3.63) is 60.0 Å². The molecule has 0 radical (unpaired) electrons. The highest BCUT2D eigenvalue weighted by molar-refractivity contribution is 5.52. The SMILES string of the molecule is C[n+]1ccc(C(C)(C)C)cc1-c1cc(C(C)(C)C)cc(-n2ccc[n+]2C)[n+]1C. The van der Waals surface area contributed by atoms with Crippen LogP contribution >= 0.6 is 0 Å². The van der Waals surface area contributed by atoms with E-state index in [-0.39, 0.29) is 10.8 Å². The van der Waals surface area contributed by atoms with Crippen molar-refractivity contribution < 1.29 is 13.8 Å². The first-order chi connectivity index (χ1) is 12.9. The molecule has 0 spiro atoms. The fourth-order valence-electron chi connectivity index (χ4n) is 3.49. The third-order valence-electron chi connectivity index (χ3n) is 5.53. The van der Waals surface area contributed by atoms with Gasteiger partial charge < -0.3 is 0 Å². The summed E-state index contributed by atoms with van der Waals surface area (Å²) in [6, 6.07) is 11.3. The first-order valence-corrected chi connectivity index (χ1v) is 9.98. The Morgan fingerprint density at radius 3 is 1.89 bits per heavy atom. The van der Waals surface area contributed by atoms with E-state index in [1.807, 2.05) is 0 Å². The summed E-state index contributed by atoms with van der Waals surface area (Å²) in [5, 5.41) is 0. The normalized spacial score (nSPS) is 12.5. The van der Waals surface area contributed by atoms with Gasteiger partial charge in [-0.25, -0.2) is 4.57 Å². The lowest BCUT2D eigenvalue weighted by molar-refractivity contribution is -0.764. The van der Waals surface area contributed by atoms with E-state index in [0.717, 1.165) is 5.82 Å². The zero-order valence-electron chi connectivity index (χ0n) is 18.9. The molecular formula is C24H35N4+3. The number of rotatable bonds is 2. The maximum Gasteiger partial charge on any atom is 0.342 e. The molecule has 3 aromatic heterocycles. The molecule has 4 nitrogen and oxygen atoms in total. The molecule has 3 heterocycles. The van der Waals surface area contributed by atoms with E-state index in [1.165, 1.54) is 22.5 Å². The Morgan fingerprint density at radius 2 is 1.36 bits per heavy atom. The molecule has 0 bridgehead atoms. The van der Waals surface area contributed by atoms with Gasteiger partial charge in [-0.3, -0.25) is 0 Å². The lowest BCUT2D eigenvalue weighted by Gasteiger charge is -2.21. The number of nitrogens with zero attached hydrogens (tertiary/aromatic N) is 4. The van der Waals surface area contributed by atoms with Crippen molar-refractivity contribution in [1.29, 1.82) is 0 Å². The Balaban J connectivity index is 2.34. The zero-order valence-corrected chi connectivity index (χ0v) is 18.9. The van der Waals surface area contributed by atoms with E-state index < -0.39 is 0 Å². The molecule has 0 amide bonds. The van der Waals surface area contributed by atoms with Crippen molar-refractivity contribution in [3.8, 4) is 17.2 Å². The number of hydrogen-bond acceptors (Lipinski definition) is 0. The maximum atomic E-state index is 2.34. The molecular weight excluding hydrogens is 344 g/mol. The second-order valence-corrected chi connectivity index (χ2v) is 9.87. The van der Waals surface area contributed by atoms with Gasteiger partial charge in [0.05, 0.1) is 13.1 Å². The van der Waals surface area contributed by atoms with Gasteiger partial charge in [0.15, 0.2) is 25.1 Å². The van der Waals surface area contributed by atoms with Gasteiger partial charge in [-0.1, -0.05) is 41.5 Å². The van der Waals surface area contributed by atoms with E-state index >= 15 is 0 Å². The smallest absolute Gasteiger partial charge is 0.219 e. The summed E-state index contributed by atoms with van der Waals surface area (Å²) in [6.07, 6.45) is 6.36. The van der Waals surface area contributed by atoms with Crippen LogP contribution in [0.5, 0.6) is 0 Å². The van der Waals surface area contributed by atoms with E-state index in [1.54, 1.807) is 0 Å². The lowest BCUT2D eigenvalue weighted by Crippen LogP contribution is -2.47. The Hall–Kier alpha value is -2.49. The van der Waals surface area contributed by atoms with Gasteiger partial charge in [-0.15, -0.1) is 0 Å². The van der Waals surface area contributed by atoms with E-state index in [2.05, 4.69) is 130 Å². The van der Waals surface area contributed by atoms with Crippen molar-refractivity contribution >= 4 is 0 Å². The molecule has 0 N–H and O–H groups in total. The Bertz CT molecular complexity index is 1010. The molecule has 4 heteroatoms. The van der Waals surface area contributed by atoms with Crippen LogP contribution in [-0.4, -0.2) is 4.68 Å². The monoisotopic (exact) mass is 379 g/mol. The van der Waals surface area contributed by atoms with E-state index in [9.17, 15) is 0 Å². The Kier molecular flexibility index (Phi) is 4.95. The van der Waals surface area contributed by atoms with Crippen molar-refractivity contribution in [3.63, 3.8) is 0 Å². The molecule has 0 saturated carbocycles. The Morgan fingerprint density at radius 1 is 0.750 bits per heavy atom. The van der Waals surface area contributed by atoms with Gasteiger partial charge in [0.2, 0.25) is 6.20 Å². The van der Waals surface area contributed by atoms with Crippen LogP contribution in [0.25, 0.3) is 17.2 Å². The summed E-state index contributed by atoms with van der Waals surface area (Å²) in [7, 11) is 6.35. The second-order valence-electron chi connectivity index (χ2n) is 9.87. The summed E-state index contributed by atoms with van der Waals surface area (Å²) in [4.78, 5) is 0. The van der Waals surface area contributed by atoms with Gasteiger partial charge >= 0.3 is 5.82 Å². The molecule has 0 aliphatic rings. The van der Waals surface area contributed by atoms with Crippen LogP contribution in [0.15, 0.2) is 48.9 Å². The molecule has 3 aromatic rings. The van der Waals surface area contributed by atoms with Gasteiger partial charge in [0.1, 0.15) is 7.05 Å². The lowest BCUT2D eigenvalue weighted by atomic mass is 9.85. The topological polar surface area (TPSA) is 16.6 Å². The summed E-state index contributed by atoms with van der Waals surface area (Å²) < 4.78 is 8.80. The second kappa shape index (κ2) is 6.84. The van der Waals surface area contributed by atoms with Crippen molar-refractivity contribution in [2.24, 2.45) is 21.1 Å². The van der Waals surface area contributed by atoms with Crippen molar-refractivity contribution in [1.82, 2.24) is 4.68 Å². The average Bonchev–Trinajstić information content (AvgIpc) is 2.99. The third-order valence-corrected chi connectivity index (χ3v) is 5.53. The number of aryl methyl sites for hydroxylation is 2. The summed E-state index contributed by atoms with van der Waals surface area (Å²) in [6.45, 7) is 13.6. The minimum atomic E-state index is 0.0592.